The zero-order valence-corrected chi connectivity index (χ0v) is 21.0. The number of alkyl halides is 2. The van der Waals surface area contributed by atoms with Crippen LogP contribution in [0.4, 0.5) is 18.0 Å². The Hall–Kier alpha value is -3.40. The smallest absolute Gasteiger partial charge is 0.406 e. The molecule has 2 unspecified atom stereocenters. The minimum atomic E-state index is -3.33. The molecule has 0 aliphatic carbocycles. The van der Waals surface area contributed by atoms with Gasteiger partial charge >= 0.3 is 11.8 Å². The van der Waals surface area contributed by atoms with Crippen molar-refractivity contribution in [2.24, 2.45) is 12.0 Å². The van der Waals surface area contributed by atoms with E-state index in [9.17, 15) is 22.8 Å². The largest absolute Gasteiger partial charge is 0.483 e. The fraction of sp³-hybridized carbons (Fsp3) is 0.364. The molecule has 2 amide bonds. The van der Waals surface area contributed by atoms with Crippen molar-refractivity contribution >= 4 is 32.8 Å². The van der Waals surface area contributed by atoms with Crippen LogP contribution in [0.15, 0.2) is 40.9 Å². The molecule has 0 saturated heterocycles. The Labute approximate surface area is 203 Å². The summed E-state index contributed by atoms with van der Waals surface area (Å²) in [5.41, 5.74) is -2.54. The van der Waals surface area contributed by atoms with E-state index in [1.807, 2.05) is 0 Å². The molecule has 1 aromatic carbocycles. The number of amides is 2. The number of allylic oxidation sites excluding steroid dienone is 1. The molecule has 2 atom stereocenters. The topological polar surface area (TPSA) is 107 Å². The lowest BCUT2D eigenvalue weighted by Gasteiger charge is -2.21. The SMILES string of the molecule is COC(=O)NCC(NC(=O)c1cc(C(F)(F)P)nn1C)C(=NC(=C(C)C)c1cccc(F)c1)OC. The molecule has 2 N–H and O–H groups in total. The second-order valence-corrected chi connectivity index (χ2v) is 8.30. The van der Waals surface area contributed by atoms with Gasteiger partial charge < -0.3 is 20.1 Å². The fourth-order valence-corrected chi connectivity index (χ4v) is 3.15. The van der Waals surface area contributed by atoms with E-state index in [-0.39, 0.29) is 18.1 Å². The van der Waals surface area contributed by atoms with E-state index in [0.29, 0.717) is 11.3 Å². The average molecular weight is 513 g/mol. The molecule has 0 fully saturated rings. The zero-order chi connectivity index (χ0) is 26.3. The minimum absolute atomic E-state index is 0.0333. The fourth-order valence-electron chi connectivity index (χ4n) is 3.01. The van der Waals surface area contributed by atoms with E-state index in [1.54, 1.807) is 19.9 Å². The van der Waals surface area contributed by atoms with Crippen molar-refractivity contribution in [3.63, 3.8) is 0 Å². The number of aryl methyl sites for hydroxylation is 1. The van der Waals surface area contributed by atoms with E-state index >= 15 is 0 Å². The first-order valence-corrected chi connectivity index (χ1v) is 10.8. The van der Waals surface area contributed by atoms with Crippen molar-refractivity contribution in [2.45, 2.75) is 25.6 Å². The third kappa shape index (κ3) is 7.54. The Bertz CT molecular complexity index is 1140. The highest BCUT2D eigenvalue weighted by Gasteiger charge is 2.31. The first-order chi connectivity index (χ1) is 16.4. The Morgan fingerprint density at radius 3 is 2.43 bits per heavy atom. The van der Waals surface area contributed by atoms with Crippen molar-refractivity contribution in [1.29, 1.82) is 0 Å². The molecule has 13 heteroatoms. The molecule has 0 radical (unpaired) electrons. The van der Waals surface area contributed by atoms with E-state index in [1.165, 1.54) is 48.7 Å². The summed E-state index contributed by atoms with van der Waals surface area (Å²) in [6, 6.07) is 5.66. The van der Waals surface area contributed by atoms with Gasteiger partial charge in [-0.2, -0.15) is 13.9 Å². The van der Waals surface area contributed by atoms with Gasteiger partial charge in [-0.15, -0.1) is 0 Å². The summed E-state index contributed by atoms with van der Waals surface area (Å²) in [4.78, 5) is 29.1. The zero-order valence-electron chi connectivity index (χ0n) is 19.9. The van der Waals surface area contributed by atoms with Crippen LogP contribution < -0.4 is 10.6 Å². The number of nitrogens with one attached hydrogen (secondary N) is 2. The maximum Gasteiger partial charge on any atom is 0.406 e. The number of rotatable bonds is 8. The van der Waals surface area contributed by atoms with Crippen LogP contribution in [0.2, 0.25) is 0 Å². The summed E-state index contributed by atoms with van der Waals surface area (Å²) in [7, 11) is 5.17. The highest BCUT2D eigenvalue weighted by atomic mass is 31.0. The molecule has 0 spiro atoms. The third-order valence-corrected chi connectivity index (χ3v) is 4.99. The first kappa shape index (κ1) is 27.8. The molecule has 0 aliphatic heterocycles. The van der Waals surface area contributed by atoms with E-state index in [2.05, 4.69) is 25.5 Å². The van der Waals surface area contributed by atoms with Crippen LogP contribution >= 0.6 is 9.24 Å². The maximum absolute atomic E-state index is 13.8. The lowest BCUT2D eigenvalue weighted by molar-refractivity contribution is 0.0931. The standard InChI is InChI=1S/C22H27F3N5O4P/c1-12(2)18(13-7-6-8-14(23)9-13)28-20(33-4)15(11-26-21(32)34-5)27-19(31)16-10-17(22(24,25)35)29-30(16)3/h6-10,15H,11,35H2,1-5H3,(H,26,32)(H,27,31). The molecule has 1 heterocycles. The lowest BCUT2D eigenvalue weighted by Crippen LogP contribution is -2.49. The van der Waals surface area contributed by atoms with Gasteiger partial charge in [-0.3, -0.25) is 9.48 Å². The summed E-state index contributed by atoms with van der Waals surface area (Å²) < 4.78 is 52.1. The van der Waals surface area contributed by atoms with Crippen LogP contribution in [0.5, 0.6) is 0 Å². The number of benzene rings is 1. The number of carbonyl (C=O) groups is 2. The van der Waals surface area contributed by atoms with E-state index in [4.69, 9.17) is 4.74 Å². The molecule has 2 aromatic rings. The van der Waals surface area contributed by atoms with Crippen LogP contribution in [0.1, 0.15) is 35.6 Å². The van der Waals surface area contributed by atoms with Gasteiger partial charge in [0.15, 0.2) is 0 Å². The Morgan fingerprint density at radius 2 is 1.91 bits per heavy atom. The van der Waals surface area contributed by atoms with Crippen LogP contribution in [0, 0.1) is 5.82 Å². The second-order valence-electron chi connectivity index (χ2n) is 7.57. The number of carbonyl (C=O) groups excluding carboxylic acids is 2. The van der Waals surface area contributed by atoms with E-state index in [0.717, 1.165) is 16.3 Å². The normalized spacial score (nSPS) is 12.5. The summed E-state index contributed by atoms with van der Waals surface area (Å²) in [5, 5.41) is 8.72. The van der Waals surface area contributed by atoms with Gasteiger partial charge in [0.1, 0.15) is 23.2 Å². The van der Waals surface area contributed by atoms with Gasteiger partial charge in [0.2, 0.25) is 5.90 Å². The van der Waals surface area contributed by atoms with Gasteiger partial charge in [0.25, 0.3) is 5.91 Å². The first-order valence-electron chi connectivity index (χ1n) is 10.3. The number of nitrogens with zero attached hydrogens (tertiary/aromatic N) is 3. The van der Waals surface area contributed by atoms with Gasteiger partial charge in [0, 0.05) is 12.6 Å². The maximum atomic E-state index is 13.8. The highest BCUT2D eigenvalue weighted by molar-refractivity contribution is 7.17. The Morgan fingerprint density at radius 1 is 1.23 bits per heavy atom. The van der Waals surface area contributed by atoms with Crippen LogP contribution in [0.25, 0.3) is 5.70 Å². The highest BCUT2D eigenvalue weighted by Crippen LogP contribution is 2.33. The van der Waals surface area contributed by atoms with Crippen LogP contribution in [-0.2, 0) is 22.2 Å². The number of alkyl carbamates (subject to hydrolysis) is 1. The molecule has 9 nitrogen and oxygen atoms in total. The minimum Gasteiger partial charge on any atom is -0.483 e. The molecule has 0 bridgehead atoms. The van der Waals surface area contributed by atoms with Crippen molar-refractivity contribution in [2.75, 3.05) is 20.8 Å². The van der Waals surface area contributed by atoms with E-state index < -0.39 is 35.2 Å². The van der Waals surface area contributed by atoms with Crippen molar-refractivity contribution < 1.29 is 32.2 Å². The van der Waals surface area contributed by atoms with Crippen molar-refractivity contribution in [3.8, 4) is 0 Å². The van der Waals surface area contributed by atoms with Crippen LogP contribution in [0.3, 0.4) is 0 Å². The number of hydrogen-bond acceptors (Lipinski definition) is 6. The number of aliphatic imine (C=N–C) groups is 1. The number of halogens is 3. The van der Waals surface area contributed by atoms with Crippen molar-refractivity contribution in [1.82, 2.24) is 20.4 Å². The lowest BCUT2D eigenvalue weighted by atomic mass is 10.1. The second kappa shape index (κ2) is 11.8. The van der Waals surface area contributed by atoms with Gasteiger partial charge in [-0.1, -0.05) is 21.4 Å². The Balaban J connectivity index is 2.46. The molecule has 190 valence electrons. The summed E-state index contributed by atoms with van der Waals surface area (Å²) in [6.07, 6.45) is -0.780. The molecule has 0 saturated carbocycles. The number of ether oxygens (including phenoxy) is 2. The predicted octanol–water partition coefficient (Wildman–Crippen LogP) is 3.43. The number of hydrogen-bond donors (Lipinski definition) is 2. The van der Waals surface area contributed by atoms with Crippen molar-refractivity contribution in [3.05, 3.63) is 58.7 Å². The number of aromatic nitrogens is 2. The molecular weight excluding hydrogens is 486 g/mol. The molecule has 35 heavy (non-hydrogen) atoms. The molecule has 1 aromatic heterocycles. The molecular formula is C22H27F3N5O4P. The summed E-state index contributed by atoms with van der Waals surface area (Å²) >= 11 is 0. The third-order valence-electron chi connectivity index (χ3n) is 4.70. The van der Waals surface area contributed by atoms with Gasteiger partial charge in [-0.25, -0.2) is 14.2 Å². The molecule has 2 rings (SSSR count). The monoisotopic (exact) mass is 513 g/mol. The Kier molecular flexibility index (Phi) is 9.41. The van der Waals surface area contributed by atoms with Gasteiger partial charge in [0.05, 0.1) is 26.5 Å². The number of methoxy groups -OCH3 is 2. The average Bonchev–Trinajstić information content (AvgIpc) is 3.19. The van der Waals surface area contributed by atoms with Gasteiger partial charge in [-0.05, 0) is 37.6 Å². The summed E-state index contributed by atoms with van der Waals surface area (Å²) in [6.45, 7) is 3.31. The summed E-state index contributed by atoms with van der Waals surface area (Å²) in [5.74, 6) is -1.27. The predicted molar refractivity (Wildman–Crippen MR) is 128 cm³/mol. The molecule has 0 aliphatic rings. The van der Waals surface area contributed by atoms with Crippen LogP contribution in [-0.4, -0.2) is 54.5 Å². The quantitative estimate of drug-likeness (QED) is 0.320.